The highest BCUT2D eigenvalue weighted by Gasteiger charge is 2.23. The molecule has 242 valence electrons. The molecule has 0 amide bonds. The van der Waals surface area contributed by atoms with Crippen LogP contribution in [0.25, 0.3) is 89.6 Å². The first-order chi connectivity index (χ1) is 25.3. The highest BCUT2D eigenvalue weighted by Crippen LogP contribution is 2.45. The number of hydrogen-bond acceptors (Lipinski definition) is 0. The number of para-hydroxylation sites is 2. The first-order valence-corrected chi connectivity index (χ1v) is 17.5. The lowest BCUT2D eigenvalue weighted by molar-refractivity contribution is 1.11. The van der Waals surface area contributed by atoms with Crippen LogP contribution >= 0.6 is 0 Å². The average Bonchev–Trinajstić information content (AvgIpc) is 3.71. The number of benzene rings is 7. The molecule has 2 heteroatoms. The van der Waals surface area contributed by atoms with Crippen molar-refractivity contribution in [2.75, 3.05) is 0 Å². The number of rotatable bonds is 7. The Kier molecular flexibility index (Phi) is 7.56. The van der Waals surface area contributed by atoms with E-state index in [-0.39, 0.29) is 0 Å². The molecule has 2 nitrogen and oxygen atoms in total. The number of fused-ring (bicyclic) bond motifs is 4. The third kappa shape index (κ3) is 4.95. The van der Waals surface area contributed by atoms with E-state index in [2.05, 4.69) is 205 Å². The van der Waals surface area contributed by atoms with Crippen LogP contribution in [-0.4, -0.2) is 9.13 Å². The van der Waals surface area contributed by atoms with Crippen molar-refractivity contribution in [1.82, 2.24) is 9.13 Å². The lowest BCUT2D eigenvalue weighted by atomic mass is 9.94. The van der Waals surface area contributed by atoms with Crippen LogP contribution < -0.4 is 0 Å². The maximum Gasteiger partial charge on any atom is 0.0547 e. The lowest BCUT2D eigenvalue weighted by Gasteiger charge is -2.17. The van der Waals surface area contributed by atoms with Gasteiger partial charge in [-0.05, 0) is 83.3 Å². The first-order valence-electron chi connectivity index (χ1n) is 17.5. The van der Waals surface area contributed by atoms with Crippen LogP contribution in [0.5, 0.6) is 0 Å². The Labute approximate surface area is 298 Å². The predicted octanol–water partition coefficient (Wildman–Crippen LogP) is 13.4. The topological polar surface area (TPSA) is 9.86 Å². The molecule has 0 spiro atoms. The Morgan fingerprint density at radius 3 is 1.75 bits per heavy atom. The molecule has 9 rings (SSSR count). The van der Waals surface area contributed by atoms with Crippen LogP contribution in [0.2, 0.25) is 0 Å². The summed E-state index contributed by atoms with van der Waals surface area (Å²) < 4.78 is 4.80. The molecule has 0 aliphatic carbocycles. The van der Waals surface area contributed by atoms with Crippen molar-refractivity contribution in [3.05, 3.63) is 194 Å². The van der Waals surface area contributed by atoms with E-state index in [0.717, 1.165) is 28.1 Å². The maximum absolute atomic E-state index is 4.39. The molecule has 2 aromatic heterocycles. The smallest absolute Gasteiger partial charge is 0.0547 e. The number of aromatic nitrogens is 2. The minimum atomic E-state index is 1.07. The Morgan fingerprint density at radius 2 is 1.06 bits per heavy atom. The van der Waals surface area contributed by atoms with E-state index in [1.807, 2.05) is 6.08 Å². The van der Waals surface area contributed by atoms with Gasteiger partial charge in [0.25, 0.3) is 0 Å². The fraction of sp³-hybridized carbons (Fsp3) is 0.0204. The third-order valence-electron chi connectivity index (χ3n) is 10.0. The Morgan fingerprint density at radius 1 is 0.471 bits per heavy atom. The summed E-state index contributed by atoms with van der Waals surface area (Å²) in [6, 6.07) is 61.1. The van der Waals surface area contributed by atoms with E-state index < -0.39 is 0 Å². The average molecular weight is 653 g/mol. The third-order valence-corrected chi connectivity index (χ3v) is 10.0. The summed E-state index contributed by atoms with van der Waals surface area (Å²) in [5, 5.41) is 3.70. The molecule has 0 unspecified atom stereocenters. The zero-order chi connectivity index (χ0) is 34.3. The van der Waals surface area contributed by atoms with Crippen molar-refractivity contribution in [2.24, 2.45) is 0 Å². The highest BCUT2D eigenvalue weighted by molar-refractivity contribution is 6.19. The molecule has 0 radical (unpaired) electrons. The van der Waals surface area contributed by atoms with E-state index in [1.54, 1.807) is 0 Å². The monoisotopic (exact) mass is 652 g/mol. The van der Waals surface area contributed by atoms with Gasteiger partial charge in [0.05, 0.1) is 27.9 Å². The van der Waals surface area contributed by atoms with Crippen molar-refractivity contribution in [3.63, 3.8) is 0 Å². The molecule has 0 saturated carbocycles. The molecule has 0 atom stereocenters. The second kappa shape index (κ2) is 12.7. The minimum absolute atomic E-state index is 1.07. The number of nitrogens with zero attached hydrogens (tertiary/aromatic N) is 2. The summed E-state index contributed by atoms with van der Waals surface area (Å²) in [7, 11) is 0. The van der Waals surface area contributed by atoms with Crippen molar-refractivity contribution in [1.29, 1.82) is 0 Å². The molecule has 2 heterocycles. The fourth-order valence-corrected chi connectivity index (χ4v) is 7.90. The largest absolute Gasteiger partial charge is 0.309 e. The molecular formula is C49H36N2. The van der Waals surface area contributed by atoms with Gasteiger partial charge in [-0.3, -0.25) is 0 Å². The van der Waals surface area contributed by atoms with E-state index in [4.69, 9.17) is 0 Å². The van der Waals surface area contributed by atoms with Gasteiger partial charge >= 0.3 is 0 Å². The molecule has 0 saturated heterocycles. The van der Waals surface area contributed by atoms with Crippen molar-refractivity contribution in [3.8, 4) is 44.8 Å². The zero-order valence-electron chi connectivity index (χ0n) is 28.5. The normalized spacial score (nSPS) is 11.6. The SMILES string of the molecule is C=Cc1c(/C=C\C)c2c(-c3cccc4c3c3ccccc3n4-c3ccccc3)cccc2n1-c1ccc(-c2ccccc2)cc1-c1ccccc1. The van der Waals surface area contributed by atoms with Crippen LogP contribution in [0.4, 0.5) is 0 Å². The first kappa shape index (κ1) is 30.4. The maximum atomic E-state index is 4.39. The van der Waals surface area contributed by atoms with E-state index in [9.17, 15) is 0 Å². The van der Waals surface area contributed by atoms with Gasteiger partial charge in [0.1, 0.15) is 0 Å². The van der Waals surface area contributed by atoms with Crippen LogP contribution in [0.3, 0.4) is 0 Å². The van der Waals surface area contributed by atoms with Crippen molar-refractivity contribution < 1.29 is 0 Å². The Bertz CT molecular complexity index is 2740. The lowest BCUT2D eigenvalue weighted by Crippen LogP contribution is -2.00. The summed E-state index contributed by atoms with van der Waals surface area (Å²) >= 11 is 0. The van der Waals surface area contributed by atoms with Crippen molar-refractivity contribution >= 4 is 44.9 Å². The van der Waals surface area contributed by atoms with E-state index in [0.29, 0.717) is 0 Å². The second-order valence-corrected chi connectivity index (χ2v) is 12.9. The van der Waals surface area contributed by atoms with Crippen LogP contribution in [0.15, 0.2) is 183 Å². The summed E-state index contributed by atoms with van der Waals surface area (Å²) in [6.07, 6.45) is 6.40. The standard InChI is InChI=1S/C49H36N2/c1-3-18-40-43(4-2)51(45-32-31-36(34-19-8-5-9-20-34)33-42(45)35-21-10-6-11-22-35)47-30-17-27-38(48(40)47)39-26-16-29-46-49(39)41-25-14-15-28-44(41)50(46)37-23-12-7-13-24-37/h3-33H,2H2,1H3/b18-3-. The summed E-state index contributed by atoms with van der Waals surface area (Å²) in [6.45, 7) is 6.49. The van der Waals surface area contributed by atoms with E-state index in [1.165, 1.54) is 60.6 Å². The van der Waals surface area contributed by atoms with Crippen LogP contribution in [-0.2, 0) is 0 Å². The minimum Gasteiger partial charge on any atom is -0.309 e. The van der Waals surface area contributed by atoms with Gasteiger partial charge in [-0.15, -0.1) is 0 Å². The fourth-order valence-electron chi connectivity index (χ4n) is 7.90. The summed E-state index contributed by atoms with van der Waals surface area (Å²) in [4.78, 5) is 0. The molecule has 0 N–H and O–H groups in total. The molecule has 0 aliphatic heterocycles. The molecule has 0 aliphatic rings. The van der Waals surface area contributed by atoms with Gasteiger partial charge in [0.15, 0.2) is 0 Å². The van der Waals surface area contributed by atoms with Gasteiger partial charge in [-0.25, -0.2) is 0 Å². The molecule has 7 aromatic carbocycles. The Hall–Kier alpha value is -6.64. The van der Waals surface area contributed by atoms with Gasteiger partial charge in [0.2, 0.25) is 0 Å². The second-order valence-electron chi connectivity index (χ2n) is 12.9. The van der Waals surface area contributed by atoms with Gasteiger partial charge in [0, 0.05) is 33.0 Å². The molecule has 0 fully saturated rings. The van der Waals surface area contributed by atoms with Crippen molar-refractivity contribution in [2.45, 2.75) is 6.92 Å². The highest BCUT2D eigenvalue weighted by atomic mass is 15.0. The molecule has 9 aromatic rings. The number of hydrogen-bond donors (Lipinski definition) is 0. The molecule has 51 heavy (non-hydrogen) atoms. The van der Waals surface area contributed by atoms with Gasteiger partial charge in [-0.2, -0.15) is 0 Å². The van der Waals surface area contributed by atoms with E-state index >= 15 is 0 Å². The van der Waals surface area contributed by atoms with Gasteiger partial charge < -0.3 is 9.13 Å². The molecule has 0 bridgehead atoms. The quantitative estimate of drug-likeness (QED) is 0.162. The number of allylic oxidation sites excluding steroid dienone is 1. The Balaban J connectivity index is 1.37. The molecular weight excluding hydrogens is 617 g/mol. The predicted molar refractivity (Wildman–Crippen MR) is 219 cm³/mol. The zero-order valence-corrected chi connectivity index (χ0v) is 28.5. The van der Waals surface area contributed by atoms with Crippen LogP contribution in [0, 0.1) is 0 Å². The van der Waals surface area contributed by atoms with Crippen LogP contribution in [0.1, 0.15) is 18.2 Å². The van der Waals surface area contributed by atoms with Gasteiger partial charge in [-0.1, -0.05) is 146 Å². The summed E-state index contributed by atoms with van der Waals surface area (Å²) in [5.41, 5.74) is 15.2. The summed E-state index contributed by atoms with van der Waals surface area (Å²) in [5.74, 6) is 0.